The maximum atomic E-state index is 12.9. The number of carbonyl (C=O) groups excluding carboxylic acids is 1. The molecule has 190 valence electrons. The molecule has 38 heavy (non-hydrogen) atoms. The van der Waals surface area contributed by atoms with Crippen LogP contribution in [0.3, 0.4) is 0 Å². The summed E-state index contributed by atoms with van der Waals surface area (Å²) in [6.45, 7) is 5.58. The van der Waals surface area contributed by atoms with Crippen LogP contribution in [0.1, 0.15) is 29.8 Å². The zero-order valence-electron chi connectivity index (χ0n) is 21.5. The van der Waals surface area contributed by atoms with Gasteiger partial charge < -0.3 is 14.8 Å². The average molecular weight is 504 g/mol. The van der Waals surface area contributed by atoms with Crippen molar-refractivity contribution in [1.29, 1.82) is 0 Å². The van der Waals surface area contributed by atoms with E-state index in [0.29, 0.717) is 36.4 Å². The Morgan fingerprint density at radius 1 is 0.684 bits per heavy atom. The van der Waals surface area contributed by atoms with E-state index in [1.807, 2.05) is 98.8 Å². The minimum absolute atomic E-state index is 0.157. The lowest BCUT2D eigenvalue weighted by molar-refractivity contribution is 0.0951. The van der Waals surface area contributed by atoms with Gasteiger partial charge in [-0.15, -0.1) is 0 Å². The number of carbonyl (C=O) groups is 1. The largest absolute Gasteiger partial charge is 0.494 e. The van der Waals surface area contributed by atoms with Crippen molar-refractivity contribution in [3.8, 4) is 34.0 Å². The normalized spacial score (nSPS) is 10.8. The first-order valence-electron chi connectivity index (χ1n) is 12.7. The Bertz CT molecular complexity index is 1530. The van der Waals surface area contributed by atoms with E-state index < -0.39 is 0 Å². The van der Waals surface area contributed by atoms with Gasteiger partial charge in [-0.25, -0.2) is 9.97 Å². The fourth-order valence-corrected chi connectivity index (χ4v) is 4.23. The summed E-state index contributed by atoms with van der Waals surface area (Å²) in [6, 6.07) is 30.9. The molecule has 0 atom stereocenters. The molecule has 0 aliphatic rings. The molecule has 1 aromatic heterocycles. The quantitative estimate of drug-likeness (QED) is 0.243. The highest BCUT2D eigenvalue weighted by atomic mass is 16.5. The minimum Gasteiger partial charge on any atom is -0.494 e. The van der Waals surface area contributed by atoms with Gasteiger partial charge in [0.2, 0.25) is 0 Å². The Hall–Kier alpha value is -4.71. The lowest BCUT2D eigenvalue weighted by Crippen LogP contribution is -2.22. The first kappa shape index (κ1) is 25.0. The molecule has 6 nitrogen and oxygen atoms in total. The van der Waals surface area contributed by atoms with Gasteiger partial charge in [-0.2, -0.15) is 0 Å². The van der Waals surface area contributed by atoms with Crippen LogP contribution in [-0.2, 0) is 6.54 Å². The Morgan fingerprint density at radius 3 is 1.79 bits per heavy atom. The summed E-state index contributed by atoms with van der Waals surface area (Å²) in [4.78, 5) is 22.9. The van der Waals surface area contributed by atoms with E-state index in [0.717, 1.165) is 39.6 Å². The summed E-state index contributed by atoms with van der Waals surface area (Å²) in [5, 5.41) is 2.98. The van der Waals surface area contributed by atoms with Crippen molar-refractivity contribution in [1.82, 2.24) is 15.3 Å². The fraction of sp³-hybridized carbons (Fsp3) is 0.156. The van der Waals surface area contributed by atoms with Gasteiger partial charge >= 0.3 is 0 Å². The highest BCUT2D eigenvalue weighted by Gasteiger charge is 2.15. The molecular formula is C32H29N3O3. The van der Waals surface area contributed by atoms with Crippen LogP contribution in [-0.4, -0.2) is 29.1 Å². The maximum absolute atomic E-state index is 12.9. The van der Waals surface area contributed by atoms with Crippen molar-refractivity contribution in [2.75, 3.05) is 13.2 Å². The minimum atomic E-state index is -0.157. The van der Waals surface area contributed by atoms with Gasteiger partial charge in [0.25, 0.3) is 5.91 Å². The number of nitrogens with one attached hydrogen (secondary N) is 1. The maximum Gasteiger partial charge on any atom is 0.251 e. The molecule has 0 spiro atoms. The van der Waals surface area contributed by atoms with E-state index in [-0.39, 0.29) is 5.91 Å². The summed E-state index contributed by atoms with van der Waals surface area (Å²) >= 11 is 0. The van der Waals surface area contributed by atoms with E-state index in [9.17, 15) is 4.79 Å². The van der Waals surface area contributed by atoms with Crippen LogP contribution in [0.15, 0.2) is 97.1 Å². The fourth-order valence-electron chi connectivity index (χ4n) is 4.23. The summed E-state index contributed by atoms with van der Waals surface area (Å²) in [5.41, 5.74) is 6.26. The van der Waals surface area contributed by atoms with Gasteiger partial charge in [0.15, 0.2) is 0 Å². The first-order chi connectivity index (χ1) is 18.6. The van der Waals surface area contributed by atoms with Gasteiger partial charge in [-0.3, -0.25) is 4.79 Å². The lowest BCUT2D eigenvalue weighted by atomic mass is 10.0. The predicted octanol–water partition coefficient (Wildman–Crippen LogP) is 6.69. The van der Waals surface area contributed by atoms with Crippen LogP contribution in [0, 0.1) is 0 Å². The number of benzene rings is 4. The number of nitrogens with zero attached hydrogens (tertiary/aromatic N) is 2. The molecule has 0 saturated carbocycles. The molecule has 0 saturated heterocycles. The van der Waals surface area contributed by atoms with Crippen molar-refractivity contribution >= 4 is 16.9 Å². The molecule has 0 radical (unpaired) electrons. The van der Waals surface area contributed by atoms with Crippen LogP contribution in [0.4, 0.5) is 0 Å². The van der Waals surface area contributed by atoms with E-state index in [1.54, 1.807) is 12.1 Å². The van der Waals surface area contributed by atoms with E-state index in [1.165, 1.54) is 0 Å². The number of hydrogen-bond acceptors (Lipinski definition) is 5. The monoisotopic (exact) mass is 503 g/mol. The summed E-state index contributed by atoms with van der Waals surface area (Å²) in [5.74, 6) is 1.44. The average Bonchev–Trinajstić information content (AvgIpc) is 2.97. The van der Waals surface area contributed by atoms with E-state index in [4.69, 9.17) is 19.4 Å². The van der Waals surface area contributed by atoms with Crippen molar-refractivity contribution in [2.24, 2.45) is 0 Å². The summed E-state index contributed by atoms with van der Waals surface area (Å²) in [7, 11) is 0. The van der Waals surface area contributed by atoms with Crippen molar-refractivity contribution in [2.45, 2.75) is 20.4 Å². The van der Waals surface area contributed by atoms with Crippen LogP contribution < -0.4 is 14.8 Å². The molecule has 5 rings (SSSR count). The Morgan fingerprint density at radius 2 is 1.24 bits per heavy atom. The molecular weight excluding hydrogens is 474 g/mol. The molecule has 1 N–H and O–H groups in total. The van der Waals surface area contributed by atoms with Crippen LogP contribution >= 0.6 is 0 Å². The topological polar surface area (TPSA) is 73.3 Å². The zero-order chi connectivity index (χ0) is 26.3. The second kappa shape index (κ2) is 11.6. The van der Waals surface area contributed by atoms with Gasteiger partial charge in [0.1, 0.15) is 11.5 Å². The number of rotatable bonds is 9. The third kappa shape index (κ3) is 5.65. The number of fused-ring (bicyclic) bond motifs is 1. The number of amides is 1. The SMILES string of the molecule is CCOc1ccc(-c2nc3ccc(C(=O)NCc4ccccc4)cc3nc2-c2ccc(OCC)cc2)cc1. The summed E-state index contributed by atoms with van der Waals surface area (Å²) < 4.78 is 11.2. The van der Waals surface area contributed by atoms with Gasteiger partial charge in [-0.05, 0) is 86.1 Å². The zero-order valence-corrected chi connectivity index (χ0v) is 21.5. The van der Waals surface area contributed by atoms with E-state index >= 15 is 0 Å². The summed E-state index contributed by atoms with van der Waals surface area (Å²) in [6.07, 6.45) is 0. The molecule has 0 aliphatic heterocycles. The van der Waals surface area contributed by atoms with Crippen LogP contribution in [0.5, 0.6) is 11.5 Å². The molecule has 6 heteroatoms. The molecule has 5 aromatic rings. The second-order valence-corrected chi connectivity index (χ2v) is 8.71. The first-order valence-corrected chi connectivity index (χ1v) is 12.7. The van der Waals surface area contributed by atoms with Gasteiger partial charge in [0, 0.05) is 23.2 Å². The third-order valence-corrected chi connectivity index (χ3v) is 6.10. The standard InChI is InChI=1S/C32H29N3O3/c1-3-37-26-15-10-23(11-16-26)30-31(24-12-17-27(18-13-24)38-4-2)35-29-20-25(14-19-28(29)34-30)32(36)33-21-22-8-6-5-7-9-22/h5-20H,3-4,21H2,1-2H3,(H,33,36). The second-order valence-electron chi connectivity index (χ2n) is 8.71. The molecule has 0 fully saturated rings. The molecule has 1 amide bonds. The van der Waals surface area contributed by atoms with Crippen LogP contribution in [0.25, 0.3) is 33.5 Å². The van der Waals surface area contributed by atoms with Crippen molar-refractivity contribution in [3.05, 3.63) is 108 Å². The highest BCUT2D eigenvalue weighted by Crippen LogP contribution is 2.33. The van der Waals surface area contributed by atoms with Crippen molar-refractivity contribution < 1.29 is 14.3 Å². The van der Waals surface area contributed by atoms with Crippen molar-refractivity contribution in [3.63, 3.8) is 0 Å². The van der Waals surface area contributed by atoms with Crippen LogP contribution in [0.2, 0.25) is 0 Å². The molecule has 0 aliphatic carbocycles. The molecule has 0 unspecified atom stereocenters. The predicted molar refractivity (Wildman–Crippen MR) is 150 cm³/mol. The number of hydrogen-bond donors (Lipinski definition) is 1. The lowest BCUT2D eigenvalue weighted by Gasteiger charge is -2.13. The Kier molecular flexibility index (Phi) is 7.59. The van der Waals surface area contributed by atoms with Gasteiger partial charge in [0.05, 0.1) is 35.6 Å². The molecule has 4 aromatic carbocycles. The Labute approximate surface area is 222 Å². The van der Waals surface area contributed by atoms with Gasteiger partial charge in [-0.1, -0.05) is 30.3 Å². The van der Waals surface area contributed by atoms with E-state index in [2.05, 4.69) is 5.32 Å². The number of aromatic nitrogens is 2. The molecule has 1 heterocycles. The Balaban J connectivity index is 1.53. The number of ether oxygens (including phenoxy) is 2. The smallest absolute Gasteiger partial charge is 0.251 e. The highest BCUT2D eigenvalue weighted by molar-refractivity contribution is 5.98. The molecule has 0 bridgehead atoms. The third-order valence-electron chi connectivity index (χ3n) is 6.10.